The van der Waals surface area contributed by atoms with E-state index in [0.717, 1.165) is 23.4 Å². The normalized spacial score (nSPS) is 9.70. The second-order valence-corrected chi connectivity index (χ2v) is 4.69. The zero-order valence-corrected chi connectivity index (χ0v) is 12.5. The number of carbonyl (C=O) groups is 1. The zero-order valence-electron chi connectivity index (χ0n) is 12.5. The van der Waals surface area contributed by atoms with Crippen molar-refractivity contribution >= 4 is 5.91 Å². The Kier molecular flexibility index (Phi) is 5.70. The van der Waals surface area contributed by atoms with Crippen molar-refractivity contribution in [2.24, 2.45) is 0 Å². The highest BCUT2D eigenvalue weighted by atomic mass is 19.1. The van der Waals surface area contributed by atoms with Gasteiger partial charge < -0.3 is 10.1 Å². The molecule has 0 aromatic heterocycles. The standard InChI is InChI=1S/C18H15F2NO2/c1-23-17-5-3-2-4-14(17)10-11-21-18(22)9-7-13-6-8-15(19)12-16(13)20/h2-6,8,12H,10-11H2,1H3,(H,21,22). The van der Waals surface area contributed by atoms with Crippen molar-refractivity contribution in [3.8, 4) is 17.6 Å². The molecule has 0 bridgehead atoms. The summed E-state index contributed by atoms with van der Waals surface area (Å²) < 4.78 is 31.3. The Morgan fingerprint density at radius 2 is 2.00 bits per heavy atom. The number of nitrogens with one attached hydrogen (secondary N) is 1. The van der Waals surface area contributed by atoms with Crippen LogP contribution in [0.2, 0.25) is 0 Å². The minimum Gasteiger partial charge on any atom is -0.496 e. The van der Waals surface area contributed by atoms with Crippen LogP contribution in [-0.2, 0) is 11.2 Å². The van der Waals surface area contributed by atoms with Gasteiger partial charge in [-0.05, 0) is 30.2 Å². The minimum atomic E-state index is -0.792. The maximum atomic E-state index is 13.4. The topological polar surface area (TPSA) is 38.3 Å². The number of ether oxygens (including phenoxy) is 1. The Bertz CT molecular complexity index is 763. The van der Waals surface area contributed by atoms with Gasteiger partial charge in [0.25, 0.3) is 5.91 Å². The van der Waals surface area contributed by atoms with Gasteiger partial charge in [-0.3, -0.25) is 4.79 Å². The van der Waals surface area contributed by atoms with Crippen molar-refractivity contribution in [2.45, 2.75) is 6.42 Å². The molecular weight excluding hydrogens is 300 g/mol. The van der Waals surface area contributed by atoms with Crippen LogP contribution in [0.5, 0.6) is 5.75 Å². The largest absolute Gasteiger partial charge is 0.496 e. The molecular formula is C18H15F2NO2. The molecule has 0 aliphatic heterocycles. The third-order valence-corrected chi connectivity index (χ3v) is 3.11. The number of hydrogen-bond acceptors (Lipinski definition) is 2. The van der Waals surface area contributed by atoms with Crippen molar-refractivity contribution in [3.05, 3.63) is 65.2 Å². The fraction of sp³-hybridized carbons (Fsp3) is 0.167. The smallest absolute Gasteiger partial charge is 0.296 e. The van der Waals surface area contributed by atoms with Crippen molar-refractivity contribution in [1.29, 1.82) is 0 Å². The van der Waals surface area contributed by atoms with E-state index in [9.17, 15) is 13.6 Å². The van der Waals surface area contributed by atoms with Gasteiger partial charge in [0.15, 0.2) is 0 Å². The number of hydrogen-bond donors (Lipinski definition) is 1. The molecule has 5 heteroatoms. The van der Waals surface area contributed by atoms with Gasteiger partial charge in [0, 0.05) is 18.5 Å². The predicted octanol–water partition coefficient (Wildman–Crippen LogP) is 2.68. The summed E-state index contributed by atoms with van der Waals surface area (Å²) in [6.45, 7) is 0.375. The lowest BCUT2D eigenvalue weighted by Gasteiger charge is -2.07. The number of amides is 1. The molecule has 2 aromatic rings. The average molecular weight is 315 g/mol. The van der Waals surface area contributed by atoms with Gasteiger partial charge in [0.2, 0.25) is 0 Å². The molecule has 0 atom stereocenters. The molecule has 0 saturated carbocycles. The maximum absolute atomic E-state index is 13.4. The first-order chi connectivity index (χ1) is 11.1. The van der Waals surface area contributed by atoms with E-state index in [0.29, 0.717) is 13.0 Å². The molecule has 0 heterocycles. The minimum absolute atomic E-state index is 0.0220. The average Bonchev–Trinajstić information content (AvgIpc) is 2.54. The molecule has 0 radical (unpaired) electrons. The van der Waals surface area contributed by atoms with Crippen molar-refractivity contribution in [1.82, 2.24) is 5.32 Å². The number of rotatable bonds is 4. The number of halogens is 2. The molecule has 118 valence electrons. The summed E-state index contributed by atoms with van der Waals surface area (Å²) >= 11 is 0. The van der Waals surface area contributed by atoms with Crippen LogP contribution in [0.4, 0.5) is 8.78 Å². The molecule has 0 fully saturated rings. The number of para-hydroxylation sites is 1. The highest BCUT2D eigenvalue weighted by Crippen LogP contribution is 2.17. The molecule has 0 saturated heterocycles. The highest BCUT2D eigenvalue weighted by Gasteiger charge is 2.03. The molecule has 23 heavy (non-hydrogen) atoms. The van der Waals surface area contributed by atoms with Crippen LogP contribution < -0.4 is 10.1 Å². The van der Waals surface area contributed by atoms with Gasteiger partial charge in [0.1, 0.15) is 17.4 Å². The summed E-state index contributed by atoms with van der Waals surface area (Å²) in [6.07, 6.45) is 0.586. The van der Waals surface area contributed by atoms with Crippen LogP contribution in [-0.4, -0.2) is 19.6 Å². The molecule has 0 spiro atoms. The van der Waals surface area contributed by atoms with Gasteiger partial charge in [-0.25, -0.2) is 8.78 Å². The van der Waals surface area contributed by atoms with E-state index in [1.165, 1.54) is 6.07 Å². The Balaban J connectivity index is 1.90. The molecule has 1 N–H and O–H groups in total. The maximum Gasteiger partial charge on any atom is 0.296 e. The molecule has 0 unspecified atom stereocenters. The Hall–Kier alpha value is -2.87. The van der Waals surface area contributed by atoms with E-state index < -0.39 is 17.5 Å². The molecule has 0 aliphatic rings. The predicted molar refractivity (Wildman–Crippen MR) is 82.9 cm³/mol. The summed E-state index contributed by atoms with van der Waals surface area (Å²) in [6, 6.07) is 10.5. The van der Waals surface area contributed by atoms with E-state index >= 15 is 0 Å². The van der Waals surface area contributed by atoms with Crippen LogP contribution in [0.15, 0.2) is 42.5 Å². The first-order valence-corrected chi connectivity index (χ1v) is 6.97. The SMILES string of the molecule is COc1ccccc1CCNC(=O)C#Cc1ccc(F)cc1F. The fourth-order valence-corrected chi connectivity index (χ4v) is 1.98. The van der Waals surface area contributed by atoms with E-state index in [-0.39, 0.29) is 5.56 Å². The van der Waals surface area contributed by atoms with Crippen LogP contribution in [0, 0.1) is 23.5 Å². The Morgan fingerprint density at radius 3 is 2.74 bits per heavy atom. The Labute approximate surface area is 133 Å². The highest BCUT2D eigenvalue weighted by molar-refractivity contribution is 5.94. The van der Waals surface area contributed by atoms with Gasteiger partial charge in [-0.15, -0.1) is 0 Å². The van der Waals surface area contributed by atoms with E-state index in [1.54, 1.807) is 7.11 Å². The Morgan fingerprint density at radius 1 is 1.22 bits per heavy atom. The molecule has 3 nitrogen and oxygen atoms in total. The molecule has 1 amide bonds. The molecule has 2 rings (SSSR count). The third-order valence-electron chi connectivity index (χ3n) is 3.11. The lowest BCUT2D eigenvalue weighted by atomic mass is 10.1. The van der Waals surface area contributed by atoms with Crippen molar-refractivity contribution in [2.75, 3.05) is 13.7 Å². The number of carbonyl (C=O) groups excluding carboxylic acids is 1. The van der Waals surface area contributed by atoms with Crippen LogP contribution in [0.3, 0.4) is 0 Å². The summed E-state index contributed by atoms with van der Waals surface area (Å²) in [5, 5.41) is 2.62. The summed E-state index contributed by atoms with van der Waals surface area (Å²) in [5.41, 5.74) is 0.944. The second-order valence-electron chi connectivity index (χ2n) is 4.69. The number of methoxy groups -OCH3 is 1. The van der Waals surface area contributed by atoms with Gasteiger partial charge in [0.05, 0.1) is 12.7 Å². The van der Waals surface area contributed by atoms with Gasteiger partial charge in [-0.1, -0.05) is 24.1 Å². The van der Waals surface area contributed by atoms with Crippen molar-refractivity contribution < 1.29 is 18.3 Å². The fourth-order valence-electron chi connectivity index (χ4n) is 1.98. The molecule has 0 aliphatic carbocycles. The lowest BCUT2D eigenvalue weighted by Crippen LogP contribution is -2.24. The number of benzene rings is 2. The third kappa shape index (κ3) is 4.82. The van der Waals surface area contributed by atoms with Crippen LogP contribution in [0.25, 0.3) is 0 Å². The summed E-state index contributed by atoms with van der Waals surface area (Å²) in [4.78, 5) is 11.6. The van der Waals surface area contributed by atoms with Crippen molar-refractivity contribution in [3.63, 3.8) is 0 Å². The summed E-state index contributed by atoms with van der Waals surface area (Å²) in [5.74, 6) is 3.41. The van der Waals surface area contributed by atoms with E-state index in [2.05, 4.69) is 17.2 Å². The van der Waals surface area contributed by atoms with Gasteiger partial charge in [-0.2, -0.15) is 0 Å². The first kappa shape index (κ1) is 16.5. The summed E-state index contributed by atoms with van der Waals surface area (Å²) in [7, 11) is 1.58. The van der Waals surface area contributed by atoms with Gasteiger partial charge >= 0.3 is 0 Å². The van der Waals surface area contributed by atoms with E-state index in [1.807, 2.05) is 24.3 Å². The van der Waals surface area contributed by atoms with E-state index in [4.69, 9.17) is 4.74 Å². The first-order valence-electron chi connectivity index (χ1n) is 6.97. The van der Waals surface area contributed by atoms with Crippen LogP contribution >= 0.6 is 0 Å². The zero-order chi connectivity index (χ0) is 16.7. The second kappa shape index (κ2) is 7.95. The quantitative estimate of drug-likeness (QED) is 0.881. The van der Waals surface area contributed by atoms with Crippen LogP contribution in [0.1, 0.15) is 11.1 Å². The monoisotopic (exact) mass is 315 g/mol. The molecule has 2 aromatic carbocycles. The lowest BCUT2D eigenvalue weighted by molar-refractivity contribution is -0.115.